The van der Waals surface area contributed by atoms with Gasteiger partial charge in [-0.2, -0.15) is 0 Å². The van der Waals surface area contributed by atoms with Gasteiger partial charge in [0.05, 0.1) is 33.0 Å². The van der Waals surface area contributed by atoms with Gasteiger partial charge < -0.3 is 24.1 Å². The molecular formula is C28H31N3O5S. The summed E-state index contributed by atoms with van der Waals surface area (Å²) in [5, 5.41) is 13.9. The van der Waals surface area contributed by atoms with Gasteiger partial charge in [0.25, 0.3) is 0 Å². The molecule has 3 aromatic rings. The molecule has 4 rings (SSSR count). The lowest BCUT2D eigenvalue weighted by molar-refractivity contribution is -0.210. The van der Waals surface area contributed by atoms with Gasteiger partial charge in [-0.1, -0.05) is 71.9 Å². The molecule has 0 amide bonds. The quantitative estimate of drug-likeness (QED) is 0.188. The molecule has 0 aliphatic carbocycles. The Balaban J connectivity index is 1.51. The molecule has 8 nitrogen and oxygen atoms in total. The minimum Gasteiger partial charge on any atom is -0.497 e. The van der Waals surface area contributed by atoms with Crippen LogP contribution in [-0.2, 0) is 27.4 Å². The van der Waals surface area contributed by atoms with Gasteiger partial charge in [-0.05, 0) is 53.0 Å². The number of benzene rings is 3. The van der Waals surface area contributed by atoms with Crippen LogP contribution in [0, 0.1) is 6.92 Å². The molecule has 1 fully saturated rings. The number of aryl methyl sites for hydroxylation is 1. The number of azide groups is 1. The molecule has 0 radical (unpaired) electrons. The molecule has 4 atom stereocenters. The Morgan fingerprint density at radius 2 is 1.73 bits per heavy atom. The van der Waals surface area contributed by atoms with Gasteiger partial charge in [-0.3, -0.25) is 0 Å². The monoisotopic (exact) mass is 521 g/mol. The second-order valence-electron chi connectivity index (χ2n) is 8.87. The molecule has 1 aliphatic rings. The van der Waals surface area contributed by atoms with Gasteiger partial charge in [0.15, 0.2) is 5.06 Å². The highest BCUT2D eigenvalue weighted by atomic mass is 32.2. The zero-order valence-electron chi connectivity index (χ0n) is 20.9. The molecule has 1 heterocycles. The number of ether oxygens (including phenoxy) is 4. The first-order valence-corrected chi connectivity index (χ1v) is 12.9. The van der Waals surface area contributed by atoms with Gasteiger partial charge in [-0.25, -0.2) is 0 Å². The number of rotatable bonds is 11. The first kappa shape index (κ1) is 27.0. The Labute approximate surface area is 221 Å². The maximum absolute atomic E-state index is 11.2. The summed E-state index contributed by atoms with van der Waals surface area (Å²) in [6.07, 6.45) is -2.19. The van der Waals surface area contributed by atoms with Crippen molar-refractivity contribution in [3.05, 3.63) is 106 Å². The lowest BCUT2D eigenvalue weighted by Gasteiger charge is -2.44. The van der Waals surface area contributed by atoms with Crippen molar-refractivity contribution in [3.63, 3.8) is 0 Å². The Morgan fingerprint density at radius 1 is 1.03 bits per heavy atom. The average Bonchev–Trinajstić information content (AvgIpc) is 2.92. The normalized spacial score (nSPS) is 23.3. The predicted molar refractivity (Wildman–Crippen MR) is 142 cm³/mol. The average molecular weight is 522 g/mol. The van der Waals surface area contributed by atoms with Crippen LogP contribution in [0.1, 0.15) is 23.1 Å². The molecule has 1 aliphatic heterocycles. The standard InChI is InChI=1S/C28H31N3O5S/c1-20-8-14-24(15-9-20)37-28(30-31-29)16-25(35-18-21-6-4-3-5-7-21)27(32)26(36-28)19-34-17-22-10-12-23(33-2)13-11-22/h3-15,25-27,32H,16-19H2,1-2H3/t25-,26-,27+,28-/m1/s1. The minimum atomic E-state index is -1.31. The van der Waals surface area contributed by atoms with Crippen LogP contribution in [0.5, 0.6) is 5.75 Å². The molecule has 1 N–H and O–H groups in total. The lowest BCUT2D eigenvalue weighted by Crippen LogP contribution is -2.54. The second-order valence-corrected chi connectivity index (χ2v) is 10.2. The van der Waals surface area contributed by atoms with E-state index in [4.69, 9.17) is 18.9 Å². The van der Waals surface area contributed by atoms with Crippen LogP contribution >= 0.6 is 11.8 Å². The number of aliphatic hydroxyl groups excluding tert-OH is 1. The van der Waals surface area contributed by atoms with Crippen LogP contribution in [0.4, 0.5) is 0 Å². The van der Waals surface area contributed by atoms with Crippen molar-refractivity contribution in [1.82, 2.24) is 0 Å². The van der Waals surface area contributed by atoms with Crippen molar-refractivity contribution < 1.29 is 24.1 Å². The maximum Gasteiger partial charge on any atom is 0.199 e. The molecule has 0 bridgehead atoms. The van der Waals surface area contributed by atoms with Gasteiger partial charge in [-0.15, -0.1) is 0 Å². The number of nitrogens with zero attached hydrogens (tertiary/aromatic N) is 3. The SMILES string of the molecule is COc1ccc(COC[C@H]2O[C@@](N=[N+]=[N-])(Sc3ccc(C)cc3)C[C@@H](OCc3ccccc3)[C@@H]2O)cc1. The van der Waals surface area contributed by atoms with Crippen LogP contribution in [0.25, 0.3) is 10.4 Å². The molecule has 3 aromatic carbocycles. The smallest absolute Gasteiger partial charge is 0.199 e. The molecule has 0 aromatic heterocycles. The number of aliphatic hydroxyl groups is 1. The van der Waals surface area contributed by atoms with E-state index in [1.54, 1.807) is 7.11 Å². The highest BCUT2D eigenvalue weighted by Crippen LogP contribution is 2.45. The van der Waals surface area contributed by atoms with Crippen molar-refractivity contribution in [1.29, 1.82) is 0 Å². The van der Waals surface area contributed by atoms with Crippen LogP contribution in [-0.4, -0.2) is 42.2 Å². The van der Waals surface area contributed by atoms with E-state index in [0.29, 0.717) is 13.2 Å². The first-order valence-electron chi connectivity index (χ1n) is 12.0. The molecule has 37 heavy (non-hydrogen) atoms. The number of thioether (sulfide) groups is 1. The van der Waals surface area contributed by atoms with E-state index in [1.165, 1.54) is 11.8 Å². The van der Waals surface area contributed by atoms with E-state index < -0.39 is 23.4 Å². The van der Waals surface area contributed by atoms with Crippen LogP contribution < -0.4 is 4.74 Å². The van der Waals surface area contributed by atoms with E-state index >= 15 is 0 Å². The van der Waals surface area contributed by atoms with Crippen LogP contribution in [0.2, 0.25) is 0 Å². The van der Waals surface area contributed by atoms with E-state index in [1.807, 2.05) is 85.8 Å². The van der Waals surface area contributed by atoms with Gasteiger partial charge in [0.2, 0.25) is 0 Å². The van der Waals surface area contributed by atoms with Crippen molar-refractivity contribution in [2.75, 3.05) is 13.7 Å². The fourth-order valence-corrected chi connectivity index (χ4v) is 5.20. The highest BCUT2D eigenvalue weighted by molar-refractivity contribution is 8.00. The van der Waals surface area contributed by atoms with Crippen molar-refractivity contribution in [3.8, 4) is 5.75 Å². The fraction of sp³-hybridized carbons (Fsp3) is 0.357. The Bertz CT molecular complexity index is 1170. The summed E-state index contributed by atoms with van der Waals surface area (Å²) in [5.74, 6) is 0.764. The summed E-state index contributed by atoms with van der Waals surface area (Å²) in [4.78, 5) is 3.97. The van der Waals surface area contributed by atoms with Crippen molar-refractivity contribution in [2.45, 2.75) is 54.8 Å². The molecule has 1 saturated heterocycles. The van der Waals surface area contributed by atoms with Crippen LogP contribution in [0.15, 0.2) is 88.9 Å². The highest BCUT2D eigenvalue weighted by Gasteiger charge is 2.48. The first-order chi connectivity index (χ1) is 18.0. The molecular weight excluding hydrogens is 490 g/mol. The third kappa shape index (κ3) is 7.49. The summed E-state index contributed by atoms with van der Waals surface area (Å²) in [5.41, 5.74) is 12.5. The fourth-order valence-electron chi connectivity index (χ4n) is 4.06. The third-order valence-corrected chi connectivity index (χ3v) is 7.24. The molecule has 0 unspecified atom stereocenters. The number of hydrogen-bond acceptors (Lipinski definition) is 7. The largest absolute Gasteiger partial charge is 0.497 e. The summed E-state index contributed by atoms with van der Waals surface area (Å²) in [7, 11) is 1.62. The van der Waals surface area contributed by atoms with E-state index in [2.05, 4.69) is 10.0 Å². The summed E-state index contributed by atoms with van der Waals surface area (Å²) < 4.78 is 23.6. The van der Waals surface area contributed by atoms with Crippen molar-refractivity contribution >= 4 is 11.8 Å². The van der Waals surface area contributed by atoms with Gasteiger partial charge in [0, 0.05) is 16.2 Å². The van der Waals surface area contributed by atoms with Gasteiger partial charge >= 0.3 is 0 Å². The Morgan fingerprint density at radius 3 is 2.41 bits per heavy atom. The van der Waals surface area contributed by atoms with E-state index in [-0.39, 0.29) is 13.0 Å². The predicted octanol–water partition coefficient (Wildman–Crippen LogP) is 6.01. The van der Waals surface area contributed by atoms with Crippen molar-refractivity contribution in [2.24, 2.45) is 5.11 Å². The third-order valence-electron chi connectivity index (χ3n) is 6.07. The van der Waals surface area contributed by atoms with Crippen LogP contribution in [0.3, 0.4) is 0 Å². The zero-order valence-corrected chi connectivity index (χ0v) is 21.7. The topological polar surface area (TPSA) is 106 Å². The zero-order chi connectivity index (χ0) is 26.1. The Hall–Kier alpha value is -3.04. The summed E-state index contributed by atoms with van der Waals surface area (Å²) in [6, 6.07) is 25.2. The van der Waals surface area contributed by atoms with E-state index in [9.17, 15) is 10.6 Å². The molecule has 0 spiro atoms. The summed E-state index contributed by atoms with van der Waals surface area (Å²) >= 11 is 1.31. The Kier molecular flexibility index (Phi) is 9.46. The number of hydrogen-bond donors (Lipinski definition) is 1. The minimum absolute atomic E-state index is 0.0928. The van der Waals surface area contributed by atoms with Gasteiger partial charge in [0.1, 0.15) is 18.0 Å². The lowest BCUT2D eigenvalue weighted by atomic mass is 10.0. The van der Waals surface area contributed by atoms with E-state index in [0.717, 1.165) is 27.3 Å². The maximum atomic E-state index is 11.2. The molecule has 9 heteroatoms. The molecule has 0 saturated carbocycles. The second kappa shape index (κ2) is 13.0. The molecule has 194 valence electrons. The number of methoxy groups -OCH3 is 1. The summed E-state index contributed by atoms with van der Waals surface area (Å²) in [6.45, 7) is 2.74.